The van der Waals surface area contributed by atoms with Crippen LogP contribution in [0.5, 0.6) is 0 Å². The fourth-order valence-electron chi connectivity index (χ4n) is 2.89. The average molecular weight is 331 g/mol. The number of allylic oxidation sites excluding steroid dienone is 3. The van der Waals surface area contributed by atoms with Gasteiger partial charge >= 0.3 is 0 Å². The van der Waals surface area contributed by atoms with Gasteiger partial charge in [-0.25, -0.2) is 4.98 Å². The molecule has 3 rings (SSSR count). The van der Waals surface area contributed by atoms with Gasteiger partial charge in [0.05, 0.1) is 5.56 Å². The first-order chi connectivity index (χ1) is 12.2. The number of hydrogen-bond acceptors (Lipinski definition) is 3. The van der Waals surface area contributed by atoms with Crippen molar-refractivity contribution < 1.29 is 4.79 Å². The van der Waals surface area contributed by atoms with Gasteiger partial charge in [0, 0.05) is 25.0 Å². The predicted octanol–water partition coefficient (Wildman–Crippen LogP) is 3.63. The van der Waals surface area contributed by atoms with Gasteiger partial charge in [-0.15, -0.1) is 0 Å². The number of benzene rings is 1. The highest BCUT2D eigenvalue weighted by Crippen LogP contribution is 2.23. The molecule has 1 aliphatic heterocycles. The molecule has 0 saturated heterocycles. The van der Waals surface area contributed by atoms with Crippen LogP contribution in [0.25, 0.3) is 0 Å². The zero-order valence-electron chi connectivity index (χ0n) is 14.1. The molecule has 1 amide bonds. The Balaban J connectivity index is 1.70. The summed E-state index contributed by atoms with van der Waals surface area (Å²) in [6.45, 7) is 9.05. The van der Waals surface area contributed by atoms with Gasteiger partial charge in [-0.3, -0.25) is 4.79 Å². The number of rotatable bonds is 5. The molecule has 4 nitrogen and oxygen atoms in total. The molecule has 0 fully saturated rings. The summed E-state index contributed by atoms with van der Waals surface area (Å²) < 4.78 is 0. The second-order valence-electron chi connectivity index (χ2n) is 5.86. The quantitative estimate of drug-likeness (QED) is 0.851. The van der Waals surface area contributed by atoms with Crippen LogP contribution in [0.4, 0.5) is 5.82 Å². The number of aromatic nitrogens is 1. The maximum atomic E-state index is 12.3. The zero-order chi connectivity index (χ0) is 17.6. The highest BCUT2D eigenvalue weighted by Gasteiger charge is 2.17. The molecule has 4 heteroatoms. The summed E-state index contributed by atoms with van der Waals surface area (Å²) in [7, 11) is 0. The molecular weight excluding hydrogens is 310 g/mol. The Kier molecular flexibility index (Phi) is 5.09. The standard InChI is InChI=1S/C21H21N3O/c1-3-7-19(4-2)23-21(25)17-10-11-20(22-14-17)24-13-12-16-8-5-6-9-18(16)15-24/h3-11,14H,1-2,12-13,15H2,(H,23,25)/b19-7+. The van der Waals surface area contributed by atoms with Crippen molar-refractivity contribution in [1.29, 1.82) is 0 Å². The predicted molar refractivity (Wildman–Crippen MR) is 101 cm³/mol. The summed E-state index contributed by atoms with van der Waals surface area (Å²) in [5.41, 5.74) is 3.86. The summed E-state index contributed by atoms with van der Waals surface area (Å²) in [4.78, 5) is 19.0. The van der Waals surface area contributed by atoms with Crippen LogP contribution in [0.2, 0.25) is 0 Å². The van der Waals surface area contributed by atoms with Gasteiger partial charge < -0.3 is 10.2 Å². The molecule has 1 aromatic carbocycles. The SMILES string of the molecule is C=C/C=C(\C=C)NC(=O)c1ccc(N2CCc3ccccc3C2)nc1. The minimum atomic E-state index is -0.212. The number of pyridine rings is 1. The van der Waals surface area contributed by atoms with Crippen LogP contribution in [0.15, 0.2) is 79.7 Å². The van der Waals surface area contributed by atoms with Crippen molar-refractivity contribution in [3.63, 3.8) is 0 Å². The fourth-order valence-corrected chi connectivity index (χ4v) is 2.89. The Morgan fingerprint density at radius 1 is 1.16 bits per heavy atom. The first-order valence-corrected chi connectivity index (χ1v) is 8.25. The molecular formula is C21H21N3O. The lowest BCUT2D eigenvalue weighted by molar-refractivity contribution is 0.0967. The number of amides is 1. The number of carbonyl (C=O) groups is 1. The monoisotopic (exact) mass is 331 g/mol. The summed E-state index contributed by atoms with van der Waals surface area (Å²) in [6.07, 6.45) is 7.49. The van der Waals surface area contributed by atoms with Gasteiger partial charge in [0.15, 0.2) is 0 Å². The van der Waals surface area contributed by atoms with Gasteiger partial charge in [-0.2, -0.15) is 0 Å². The van der Waals surface area contributed by atoms with E-state index in [1.54, 1.807) is 30.5 Å². The number of hydrogen-bond donors (Lipinski definition) is 1. The molecule has 1 aliphatic rings. The fraction of sp³-hybridized carbons (Fsp3) is 0.143. The Bertz CT molecular complexity index is 821. The second kappa shape index (κ2) is 7.62. The van der Waals surface area contributed by atoms with E-state index in [1.165, 1.54) is 11.1 Å². The van der Waals surface area contributed by atoms with E-state index in [9.17, 15) is 4.79 Å². The zero-order valence-corrected chi connectivity index (χ0v) is 14.1. The number of carbonyl (C=O) groups excluding carboxylic acids is 1. The van der Waals surface area contributed by atoms with Crippen LogP contribution in [-0.4, -0.2) is 17.4 Å². The minimum absolute atomic E-state index is 0.212. The maximum absolute atomic E-state index is 12.3. The van der Waals surface area contributed by atoms with Crippen LogP contribution in [0, 0.1) is 0 Å². The Morgan fingerprint density at radius 2 is 1.96 bits per heavy atom. The van der Waals surface area contributed by atoms with Crippen LogP contribution in [-0.2, 0) is 13.0 Å². The van der Waals surface area contributed by atoms with Gasteiger partial charge in [0.2, 0.25) is 0 Å². The Morgan fingerprint density at radius 3 is 2.64 bits per heavy atom. The lowest BCUT2D eigenvalue weighted by Gasteiger charge is -2.29. The third-order valence-corrected chi connectivity index (χ3v) is 4.24. The van der Waals surface area contributed by atoms with Crippen LogP contribution in [0.1, 0.15) is 21.5 Å². The molecule has 126 valence electrons. The summed E-state index contributed by atoms with van der Waals surface area (Å²) in [5.74, 6) is 0.674. The van der Waals surface area contributed by atoms with E-state index in [-0.39, 0.29) is 5.91 Å². The van der Waals surface area contributed by atoms with E-state index in [2.05, 4.69) is 52.6 Å². The Labute approximate surface area is 148 Å². The van der Waals surface area contributed by atoms with Crippen LogP contribution >= 0.6 is 0 Å². The first kappa shape index (κ1) is 16.7. The summed E-state index contributed by atoms with van der Waals surface area (Å²) in [5, 5.41) is 2.78. The Hall–Kier alpha value is -3.14. The van der Waals surface area contributed by atoms with Crippen molar-refractivity contribution >= 4 is 11.7 Å². The summed E-state index contributed by atoms with van der Waals surface area (Å²) in [6, 6.07) is 12.2. The van der Waals surface area contributed by atoms with Gasteiger partial charge in [-0.1, -0.05) is 43.5 Å². The lowest BCUT2D eigenvalue weighted by atomic mass is 10.00. The molecule has 25 heavy (non-hydrogen) atoms. The van der Waals surface area contributed by atoms with E-state index in [0.717, 1.165) is 25.3 Å². The van der Waals surface area contributed by atoms with E-state index in [1.807, 2.05) is 6.07 Å². The van der Waals surface area contributed by atoms with Crippen molar-refractivity contribution in [1.82, 2.24) is 10.3 Å². The van der Waals surface area contributed by atoms with Gasteiger partial charge in [-0.05, 0) is 41.8 Å². The third kappa shape index (κ3) is 3.86. The van der Waals surface area contributed by atoms with Crippen molar-refractivity contribution in [2.75, 3.05) is 11.4 Å². The van der Waals surface area contributed by atoms with E-state index in [0.29, 0.717) is 11.3 Å². The number of nitrogens with one attached hydrogen (secondary N) is 1. The molecule has 0 atom stereocenters. The average Bonchev–Trinajstić information content (AvgIpc) is 2.67. The van der Waals surface area contributed by atoms with Crippen molar-refractivity contribution in [3.8, 4) is 0 Å². The van der Waals surface area contributed by atoms with Gasteiger partial charge in [0.1, 0.15) is 5.82 Å². The van der Waals surface area contributed by atoms with Crippen molar-refractivity contribution in [2.24, 2.45) is 0 Å². The van der Waals surface area contributed by atoms with E-state index < -0.39 is 0 Å². The number of nitrogens with zero attached hydrogens (tertiary/aromatic N) is 2. The molecule has 0 saturated carbocycles. The van der Waals surface area contributed by atoms with Crippen LogP contribution < -0.4 is 10.2 Å². The molecule has 1 N–H and O–H groups in total. The van der Waals surface area contributed by atoms with E-state index in [4.69, 9.17) is 0 Å². The molecule has 0 aliphatic carbocycles. The molecule has 1 aromatic heterocycles. The topological polar surface area (TPSA) is 45.2 Å². The molecule has 0 radical (unpaired) electrons. The molecule has 0 bridgehead atoms. The highest BCUT2D eigenvalue weighted by atomic mass is 16.1. The molecule has 2 heterocycles. The van der Waals surface area contributed by atoms with Gasteiger partial charge in [0.25, 0.3) is 5.91 Å². The van der Waals surface area contributed by atoms with Crippen molar-refractivity contribution in [3.05, 3.63) is 96.4 Å². The van der Waals surface area contributed by atoms with Crippen LogP contribution in [0.3, 0.4) is 0 Å². The maximum Gasteiger partial charge on any atom is 0.257 e. The second-order valence-corrected chi connectivity index (χ2v) is 5.86. The smallest absolute Gasteiger partial charge is 0.257 e. The normalized spacial score (nSPS) is 13.8. The largest absolute Gasteiger partial charge is 0.352 e. The van der Waals surface area contributed by atoms with E-state index >= 15 is 0 Å². The lowest BCUT2D eigenvalue weighted by Crippen LogP contribution is -2.31. The molecule has 2 aromatic rings. The number of anilines is 1. The highest BCUT2D eigenvalue weighted by molar-refractivity contribution is 5.95. The van der Waals surface area contributed by atoms with Crippen molar-refractivity contribution in [2.45, 2.75) is 13.0 Å². The third-order valence-electron chi connectivity index (χ3n) is 4.24. The molecule has 0 spiro atoms. The molecule has 0 unspecified atom stereocenters. The first-order valence-electron chi connectivity index (χ1n) is 8.25. The number of fused-ring (bicyclic) bond motifs is 1. The summed E-state index contributed by atoms with van der Waals surface area (Å²) >= 11 is 0. The minimum Gasteiger partial charge on any atom is -0.352 e.